The average molecular weight is 459 g/mol. The molecule has 0 unspecified atom stereocenters. The summed E-state index contributed by atoms with van der Waals surface area (Å²) in [5.41, 5.74) is 3.28. The highest BCUT2D eigenvalue weighted by Gasteiger charge is 2.31. The number of sulfonamides is 1. The first kappa shape index (κ1) is 24.1. The van der Waals surface area contributed by atoms with E-state index in [4.69, 9.17) is 4.74 Å². The highest BCUT2D eigenvalue weighted by Crippen LogP contribution is 2.31. The van der Waals surface area contributed by atoms with Crippen LogP contribution in [0, 0.1) is 20.8 Å². The lowest BCUT2D eigenvalue weighted by Crippen LogP contribution is -2.44. The van der Waals surface area contributed by atoms with Gasteiger partial charge in [-0.15, -0.1) is 0 Å². The zero-order chi connectivity index (χ0) is 23.3. The van der Waals surface area contributed by atoms with Gasteiger partial charge in [-0.1, -0.05) is 37.8 Å². The van der Waals surface area contributed by atoms with E-state index >= 15 is 0 Å². The minimum atomic E-state index is -4.04. The fourth-order valence-corrected chi connectivity index (χ4v) is 5.78. The Kier molecular flexibility index (Phi) is 7.82. The van der Waals surface area contributed by atoms with Crippen molar-refractivity contribution >= 4 is 21.6 Å². The van der Waals surface area contributed by atoms with Gasteiger partial charge in [0.1, 0.15) is 17.2 Å². The molecule has 2 aromatic rings. The van der Waals surface area contributed by atoms with Crippen molar-refractivity contribution in [2.45, 2.75) is 70.2 Å². The van der Waals surface area contributed by atoms with Crippen LogP contribution < -0.4 is 14.4 Å². The van der Waals surface area contributed by atoms with E-state index in [0.717, 1.165) is 42.4 Å². The molecule has 174 valence electrons. The minimum Gasteiger partial charge on any atom is -0.495 e. The molecule has 6 nitrogen and oxygen atoms in total. The van der Waals surface area contributed by atoms with E-state index in [-0.39, 0.29) is 29.1 Å². The summed E-state index contributed by atoms with van der Waals surface area (Å²) in [6, 6.07) is 10.6. The van der Waals surface area contributed by atoms with Crippen LogP contribution in [0.5, 0.6) is 5.75 Å². The lowest BCUT2D eigenvalue weighted by molar-refractivity contribution is -0.120. The van der Waals surface area contributed by atoms with Crippen LogP contribution >= 0.6 is 0 Å². The number of nitrogens with one attached hydrogen (secondary N) is 1. The summed E-state index contributed by atoms with van der Waals surface area (Å²) in [5, 5.41) is 3.07. The Bertz CT molecular complexity index is 1060. The molecule has 0 aliphatic heterocycles. The lowest BCUT2D eigenvalue weighted by Gasteiger charge is -2.27. The maximum atomic E-state index is 13.8. The molecule has 1 fully saturated rings. The topological polar surface area (TPSA) is 75.7 Å². The summed E-state index contributed by atoms with van der Waals surface area (Å²) in [6.07, 6.45) is 6.42. The maximum Gasteiger partial charge on any atom is 0.268 e. The predicted octanol–water partition coefficient (Wildman–Crippen LogP) is 4.65. The van der Waals surface area contributed by atoms with Gasteiger partial charge in [0.05, 0.1) is 12.8 Å². The van der Waals surface area contributed by atoms with Crippen molar-refractivity contribution < 1.29 is 17.9 Å². The van der Waals surface area contributed by atoms with Gasteiger partial charge < -0.3 is 10.1 Å². The number of hydrogen-bond acceptors (Lipinski definition) is 4. The largest absolute Gasteiger partial charge is 0.495 e. The summed E-state index contributed by atoms with van der Waals surface area (Å²) in [7, 11) is -2.60. The molecule has 0 heterocycles. The molecule has 1 amide bonds. The van der Waals surface area contributed by atoms with E-state index < -0.39 is 10.0 Å². The Morgan fingerprint density at radius 2 is 1.69 bits per heavy atom. The summed E-state index contributed by atoms with van der Waals surface area (Å²) < 4.78 is 34.2. The Balaban J connectivity index is 1.98. The van der Waals surface area contributed by atoms with Crippen molar-refractivity contribution in [3.63, 3.8) is 0 Å². The van der Waals surface area contributed by atoms with Crippen LogP contribution in [0.2, 0.25) is 0 Å². The minimum absolute atomic E-state index is 0.0560. The van der Waals surface area contributed by atoms with Crippen molar-refractivity contribution in [2.75, 3.05) is 18.0 Å². The van der Waals surface area contributed by atoms with Gasteiger partial charge in [-0.05, 0) is 74.6 Å². The van der Waals surface area contributed by atoms with Gasteiger partial charge in [0.2, 0.25) is 5.91 Å². The molecule has 2 aromatic carbocycles. The molecular formula is C25H34N2O4S. The summed E-state index contributed by atoms with van der Waals surface area (Å²) >= 11 is 0. The van der Waals surface area contributed by atoms with Crippen molar-refractivity contribution in [2.24, 2.45) is 0 Å². The second-order valence-corrected chi connectivity index (χ2v) is 10.5. The molecule has 0 saturated heterocycles. The Morgan fingerprint density at radius 3 is 2.31 bits per heavy atom. The van der Waals surface area contributed by atoms with Crippen LogP contribution in [-0.4, -0.2) is 34.0 Å². The summed E-state index contributed by atoms with van der Waals surface area (Å²) in [4.78, 5) is 13.1. The summed E-state index contributed by atoms with van der Waals surface area (Å²) in [5.74, 6) is -0.0288. The number of methoxy groups -OCH3 is 1. The predicted molar refractivity (Wildman–Crippen MR) is 128 cm³/mol. The molecule has 1 saturated carbocycles. The standard InChI is InChI=1S/C25H34N2O4S/c1-18-11-14-23(31-4)24(15-18)32(29,30)27(22-13-12-19(2)20(3)16-22)17-25(28)26-21-9-7-5-6-8-10-21/h11-16,21H,5-10,17H2,1-4H3,(H,26,28). The highest BCUT2D eigenvalue weighted by atomic mass is 32.2. The van der Waals surface area contributed by atoms with E-state index in [2.05, 4.69) is 5.32 Å². The van der Waals surface area contributed by atoms with Crippen LogP contribution in [0.1, 0.15) is 55.2 Å². The molecular weight excluding hydrogens is 424 g/mol. The fraction of sp³-hybridized carbons (Fsp3) is 0.480. The number of aryl methyl sites for hydroxylation is 3. The first-order valence-electron chi connectivity index (χ1n) is 11.3. The van der Waals surface area contributed by atoms with Gasteiger partial charge in [0.25, 0.3) is 10.0 Å². The number of nitrogens with zero attached hydrogens (tertiary/aromatic N) is 1. The van der Waals surface area contributed by atoms with Crippen molar-refractivity contribution in [3.05, 3.63) is 53.1 Å². The average Bonchev–Trinajstić information content (AvgIpc) is 3.02. The van der Waals surface area contributed by atoms with Crippen molar-refractivity contribution in [1.82, 2.24) is 5.32 Å². The van der Waals surface area contributed by atoms with Crippen LogP contribution in [0.15, 0.2) is 41.3 Å². The fourth-order valence-electron chi connectivity index (χ4n) is 4.13. The van der Waals surface area contributed by atoms with E-state index in [1.54, 1.807) is 24.3 Å². The molecule has 3 rings (SSSR count). The molecule has 1 aliphatic rings. The number of carbonyl (C=O) groups is 1. The van der Waals surface area contributed by atoms with Crippen LogP contribution in [0.25, 0.3) is 0 Å². The van der Waals surface area contributed by atoms with Gasteiger partial charge in [0, 0.05) is 6.04 Å². The number of amides is 1. The molecule has 0 spiro atoms. The number of hydrogen-bond donors (Lipinski definition) is 1. The van der Waals surface area contributed by atoms with Crippen LogP contribution in [0.3, 0.4) is 0 Å². The third-order valence-corrected chi connectivity index (χ3v) is 7.97. The van der Waals surface area contributed by atoms with Gasteiger partial charge in [-0.3, -0.25) is 9.10 Å². The van der Waals surface area contributed by atoms with E-state index in [0.29, 0.717) is 5.69 Å². The second-order valence-electron chi connectivity index (χ2n) is 8.69. The molecule has 0 aromatic heterocycles. The van der Waals surface area contributed by atoms with E-state index in [9.17, 15) is 13.2 Å². The lowest BCUT2D eigenvalue weighted by atomic mass is 10.1. The zero-order valence-electron chi connectivity index (χ0n) is 19.5. The Morgan fingerprint density at radius 1 is 1.00 bits per heavy atom. The highest BCUT2D eigenvalue weighted by molar-refractivity contribution is 7.93. The molecule has 32 heavy (non-hydrogen) atoms. The van der Waals surface area contributed by atoms with E-state index in [1.807, 2.05) is 32.9 Å². The van der Waals surface area contributed by atoms with Gasteiger partial charge in [-0.2, -0.15) is 0 Å². The van der Waals surface area contributed by atoms with Crippen molar-refractivity contribution in [1.29, 1.82) is 0 Å². The smallest absolute Gasteiger partial charge is 0.268 e. The normalized spacial score (nSPS) is 15.1. The Hall–Kier alpha value is -2.54. The SMILES string of the molecule is COc1ccc(C)cc1S(=O)(=O)N(CC(=O)NC1CCCCCC1)c1ccc(C)c(C)c1. The number of ether oxygens (including phenoxy) is 1. The van der Waals surface area contributed by atoms with E-state index in [1.165, 1.54) is 24.3 Å². The first-order chi connectivity index (χ1) is 15.2. The second kappa shape index (κ2) is 10.4. The first-order valence-corrected chi connectivity index (χ1v) is 12.7. The molecule has 7 heteroatoms. The van der Waals surface area contributed by atoms with Crippen LogP contribution in [-0.2, 0) is 14.8 Å². The molecule has 0 bridgehead atoms. The third-order valence-electron chi connectivity index (χ3n) is 6.17. The molecule has 1 N–H and O–H groups in total. The number of carbonyl (C=O) groups excluding carboxylic acids is 1. The maximum absolute atomic E-state index is 13.8. The van der Waals surface area contributed by atoms with Crippen molar-refractivity contribution in [3.8, 4) is 5.75 Å². The summed E-state index contributed by atoms with van der Waals surface area (Å²) in [6.45, 7) is 5.46. The van der Waals surface area contributed by atoms with Gasteiger partial charge in [-0.25, -0.2) is 8.42 Å². The monoisotopic (exact) mass is 458 g/mol. The quantitative estimate of drug-likeness (QED) is 0.613. The van der Waals surface area contributed by atoms with Gasteiger partial charge >= 0.3 is 0 Å². The zero-order valence-corrected chi connectivity index (χ0v) is 20.3. The van der Waals surface area contributed by atoms with Gasteiger partial charge in [0.15, 0.2) is 0 Å². The third kappa shape index (κ3) is 5.63. The number of benzene rings is 2. The Labute approximate surface area is 192 Å². The molecule has 0 atom stereocenters. The molecule has 1 aliphatic carbocycles. The van der Waals surface area contributed by atoms with Crippen LogP contribution in [0.4, 0.5) is 5.69 Å². The molecule has 0 radical (unpaired) electrons. The number of anilines is 1. The number of rotatable bonds is 7.